The van der Waals surface area contributed by atoms with Crippen molar-refractivity contribution in [1.82, 2.24) is 9.80 Å². The van der Waals surface area contributed by atoms with Crippen LogP contribution in [0.3, 0.4) is 0 Å². The average Bonchev–Trinajstić information content (AvgIpc) is 2.93. The Morgan fingerprint density at radius 2 is 1.95 bits per heavy atom. The molecule has 2 saturated heterocycles. The number of amides is 2. The van der Waals surface area contributed by atoms with Crippen LogP contribution in [0.25, 0.3) is 0 Å². The lowest BCUT2D eigenvalue weighted by Crippen LogP contribution is -2.61. The number of hydrogen-bond donors (Lipinski definition) is 0. The van der Waals surface area contributed by atoms with Crippen LogP contribution in [-0.2, 0) is 16.1 Å². The highest BCUT2D eigenvalue weighted by Crippen LogP contribution is 2.28. The molecule has 2 atom stereocenters. The molecule has 0 radical (unpaired) electrons. The molecular formula is C16H20N2O2. The Bertz CT molecular complexity index is 555. The van der Waals surface area contributed by atoms with E-state index in [1.54, 1.807) is 9.80 Å². The molecule has 0 aromatic heterocycles. The topological polar surface area (TPSA) is 40.6 Å². The van der Waals surface area contributed by atoms with Gasteiger partial charge in [0.1, 0.15) is 12.1 Å². The summed E-state index contributed by atoms with van der Waals surface area (Å²) in [5.74, 6) is 0.207. The number of carbonyl (C=O) groups excluding carboxylic acids is 2. The van der Waals surface area contributed by atoms with Gasteiger partial charge in [-0.25, -0.2) is 0 Å². The van der Waals surface area contributed by atoms with Gasteiger partial charge in [-0.3, -0.25) is 9.59 Å². The molecule has 1 aromatic rings. The molecule has 0 aliphatic carbocycles. The molecule has 2 heterocycles. The van der Waals surface area contributed by atoms with Gasteiger partial charge >= 0.3 is 0 Å². The predicted octanol–water partition coefficient (Wildman–Crippen LogP) is 1.72. The summed E-state index contributed by atoms with van der Waals surface area (Å²) in [6.45, 7) is 5.14. The van der Waals surface area contributed by atoms with Gasteiger partial charge < -0.3 is 9.80 Å². The van der Waals surface area contributed by atoms with Crippen molar-refractivity contribution in [3.63, 3.8) is 0 Å². The van der Waals surface area contributed by atoms with Crippen molar-refractivity contribution < 1.29 is 9.59 Å². The Hall–Kier alpha value is -1.84. The lowest BCUT2D eigenvalue weighted by Gasteiger charge is -2.41. The number of carbonyl (C=O) groups is 2. The van der Waals surface area contributed by atoms with Gasteiger partial charge in [0, 0.05) is 13.1 Å². The normalized spacial score (nSPS) is 26.1. The average molecular weight is 272 g/mol. The highest BCUT2D eigenvalue weighted by Gasteiger charge is 2.45. The maximum absolute atomic E-state index is 12.6. The van der Waals surface area contributed by atoms with Crippen molar-refractivity contribution in [2.75, 3.05) is 6.54 Å². The van der Waals surface area contributed by atoms with Crippen molar-refractivity contribution in [1.29, 1.82) is 0 Å². The zero-order valence-electron chi connectivity index (χ0n) is 12.0. The fraction of sp³-hybridized carbons (Fsp3) is 0.500. The summed E-state index contributed by atoms with van der Waals surface area (Å²) in [6, 6.07) is 7.47. The Morgan fingerprint density at radius 1 is 1.20 bits per heavy atom. The first-order valence-corrected chi connectivity index (χ1v) is 7.25. The Labute approximate surface area is 119 Å². The SMILES string of the molecule is Cc1ccccc1CN1C(=O)C2CCCN2C(=O)C1C. The fourth-order valence-corrected chi connectivity index (χ4v) is 3.23. The first kappa shape index (κ1) is 13.2. The molecule has 0 bridgehead atoms. The zero-order valence-corrected chi connectivity index (χ0v) is 12.0. The van der Waals surface area contributed by atoms with E-state index >= 15 is 0 Å². The van der Waals surface area contributed by atoms with E-state index in [4.69, 9.17) is 0 Å². The molecule has 20 heavy (non-hydrogen) atoms. The molecule has 2 unspecified atom stereocenters. The standard InChI is InChI=1S/C16H20N2O2/c1-11-6-3-4-7-13(11)10-18-12(2)15(19)17-9-5-8-14(17)16(18)20/h3-4,6-7,12,14H,5,8-10H2,1-2H3. The maximum atomic E-state index is 12.6. The molecule has 3 rings (SSSR count). The predicted molar refractivity (Wildman–Crippen MR) is 75.9 cm³/mol. The van der Waals surface area contributed by atoms with Crippen molar-refractivity contribution in [2.45, 2.75) is 45.3 Å². The Balaban J connectivity index is 1.87. The number of rotatable bonds is 2. The summed E-state index contributed by atoms with van der Waals surface area (Å²) in [6.07, 6.45) is 1.74. The van der Waals surface area contributed by atoms with Gasteiger partial charge in [0.15, 0.2) is 0 Å². The largest absolute Gasteiger partial charge is 0.329 e. The van der Waals surface area contributed by atoms with Crippen LogP contribution < -0.4 is 0 Å². The first-order chi connectivity index (χ1) is 9.59. The molecule has 0 N–H and O–H groups in total. The molecule has 2 aliphatic heterocycles. The third-order valence-electron chi connectivity index (χ3n) is 4.53. The molecular weight excluding hydrogens is 252 g/mol. The molecule has 2 fully saturated rings. The van der Waals surface area contributed by atoms with Crippen molar-refractivity contribution >= 4 is 11.8 Å². The lowest BCUT2D eigenvalue weighted by molar-refractivity contribution is -0.159. The van der Waals surface area contributed by atoms with Gasteiger partial charge in [0.2, 0.25) is 11.8 Å². The van der Waals surface area contributed by atoms with Gasteiger partial charge in [-0.1, -0.05) is 24.3 Å². The van der Waals surface area contributed by atoms with E-state index in [0.29, 0.717) is 6.54 Å². The van der Waals surface area contributed by atoms with E-state index in [9.17, 15) is 9.59 Å². The number of piperazine rings is 1. The summed E-state index contributed by atoms with van der Waals surface area (Å²) < 4.78 is 0. The summed E-state index contributed by atoms with van der Waals surface area (Å²) >= 11 is 0. The molecule has 0 spiro atoms. The monoisotopic (exact) mass is 272 g/mol. The number of hydrogen-bond acceptors (Lipinski definition) is 2. The molecule has 0 saturated carbocycles. The van der Waals surface area contributed by atoms with E-state index in [2.05, 4.69) is 0 Å². The van der Waals surface area contributed by atoms with Crippen LogP contribution in [0, 0.1) is 6.92 Å². The van der Waals surface area contributed by atoms with Crippen LogP contribution in [0.1, 0.15) is 30.9 Å². The molecule has 2 aliphatic rings. The fourth-order valence-electron chi connectivity index (χ4n) is 3.23. The molecule has 106 valence electrons. The van der Waals surface area contributed by atoms with Crippen LogP contribution in [-0.4, -0.2) is 40.2 Å². The number of fused-ring (bicyclic) bond motifs is 1. The molecule has 2 amide bonds. The van der Waals surface area contributed by atoms with Crippen molar-refractivity contribution in [3.8, 4) is 0 Å². The van der Waals surface area contributed by atoms with E-state index in [0.717, 1.165) is 30.5 Å². The van der Waals surface area contributed by atoms with E-state index in [-0.39, 0.29) is 23.9 Å². The Morgan fingerprint density at radius 3 is 2.70 bits per heavy atom. The number of aryl methyl sites for hydroxylation is 1. The quantitative estimate of drug-likeness (QED) is 0.822. The second kappa shape index (κ2) is 4.93. The number of nitrogens with zero attached hydrogens (tertiary/aromatic N) is 2. The minimum atomic E-state index is -0.351. The third-order valence-corrected chi connectivity index (χ3v) is 4.53. The molecule has 4 nitrogen and oxygen atoms in total. The van der Waals surface area contributed by atoms with Crippen LogP contribution in [0.4, 0.5) is 0 Å². The zero-order chi connectivity index (χ0) is 14.3. The smallest absolute Gasteiger partial charge is 0.246 e. The number of benzene rings is 1. The van der Waals surface area contributed by atoms with E-state index < -0.39 is 0 Å². The minimum Gasteiger partial charge on any atom is -0.329 e. The van der Waals surface area contributed by atoms with Gasteiger partial charge in [-0.15, -0.1) is 0 Å². The van der Waals surface area contributed by atoms with Gasteiger partial charge in [0.05, 0.1) is 0 Å². The Kier molecular flexibility index (Phi) is 3.24. The van der Waals surface area contributed by atoms with E-state index in [1.165, 1.54) is 0 Å². The summed E-state index contributed by atoms with van der Waals surface area (Å²) in [4.78, 5) is 28.5. The van der Waals surface area contributed by atoms with E-state index in [1.807, 2.05) is 38.1 Å². The van der Waals surface area contributed by atoms with Gasteiger partial charge in [0.25, 0.3) is 0 Å². The van der Waals surface area contributed by atoms with Gasteiger partial charge in [-0.05, 0) is 37.8 Å². The van der Waals surface area contributed by atoms with Crippen LogP contribution in [0.5, 0.6) is 0 Å². The van der Waals surface area contributed by atoms with Crippen LogP contribution in [0.2, 0.25) is 0 Å². The summed E-state index contributed by atoms with van der Waals surface area (Å²) in [5.41, 5.74) is 2.28. The van der Waals surface area contributed by atoms with Crippen LogP contribution >= 0.6 is 0 Å². The highest BCUT2D eigenvalue weighted by molar-refractivity contribution is 5.97. The second-order valence-corrected chi connectivity index (χ2v) is 5.76. The molecule has 4 heteroatoms. The van der Waals surface area contributed by atoms with Crippen molar-refractivity contribution in [3.05, 3.63) is 35.4 Å². The lowest BCUT2D eigenvalue weighted by atomic mass is 10.0. The summed E-state index contributed by atoms with van der Waals surface area (Å²) in [5, 5.41) is 0. The second-order valence-electron chi connectivity index (χ2n) is 5.76. The molecule has 1 aromatic carbocycles. The summed E-state index contributed by atoms with van der Waals surface area (Å²) in [7, 11) is 0. The highest BCUT2D eigenvalue weighted by atomic mass is 16.2. The minimum absolute atomic E-state index is 0.0979. The van der Waals surface area contributed by atoms with Crippen LogP contribution in [0.15, 0.2) is 24.3 Å². The third kappa shape index (κ3) is 1.99. The maximum Gasteiger partial charge on any atom is 0.246 e. The van der Waals surface area contributed by atoms with Crippen molar-refractivity contribution in [2.24, 2.45) is 0 Å². The van der Waals surface area contributed by atoms with Gasteiger partial charge in [-0.2, -0.15) is 0 Å². The first-order valence-electron chi connectivity index (χ1n) is 7.25.